The van der Waals surface area contributed by atoms with Gasteiger partial charge in [0, 0.05) is 17.2 Å². The van der Waals surface area contributed by atoms with Crippen LogP contribution >= 0.6 is 0 Å². The molecule has 5 nitrogen and oxygen atoms in total. The maximum absolute atomic E-state index is 6.04. The van der Waals surface area contributed by atoms with Crippen LogP contribution in [0.4, 0.5) is 0 Å². The molecule has 0 unspecified atom stereocenters. The molecule has 0 N–H and O–H groups in total. The molecule has 0 fully saturated rings. The molecule has 0 saturated heterocycles. The molecule has 4 aromatic carbocycles. The minimum absolute atomic E-state index is 0. The Morgan fingerprint density at radius 2 is 1.74 bits per heavy atom. The van der Waals surface area contributed by atoms with Gasteiger partial charge in [-0.2, -0.15) is 4.57 Å². The average molecular weight is 530 g/mol. The van der Waals surface area contributed by atoms with E-state index >= 15 is 0 Å². The van der Waals surface area contributed by atoms with Gasteiger partial charge in [0.05, 0.1) is 30.4 Å². The van der Waals surface area contributed by atoms with E-state index in [0.29, 0.717) is 0 Å². The van der Waals surface area contributed by atoms with Crippen LogP contribution in [-0.4, -0.2) is 21.0 Å². The van der Waals surface area contributed by atoms with Crippen molar-refractivity contribution in [2.75, 3.05) is 21.0 Å². The summed E-state index contributed by atoms with van der Waals surface area (Å²) >= 11 is 0. The minimum Gasteiger partial charge on any atom is -1.00 e. The molecule has 0 amide bonds. The molecule has 1 aromatic heterocycles. The maximum atomic E-state index is 6.04. The van der Waals surface area contributed by atoms with Crippen LogP contribution < -0.4 is 40.5 Å². The summed E-state index contributed by atoms with van der Waals surface area (Å²) in [7, 11) is 3.39. The first-order valence-corrected chi connectivity index (χ1v) is 11.6. The van der Waals surface area contributed by atoms with Crippen molar-refractivity contribution in [3.05, 3.63) is 77.5 Å². The lowest BCUT2D eigenvalue weighted by molar-refractivity contribution is -0.670. The molecule has 2 aliphatic rings. The van der Waals surface area contributed by atoms with Crippen molar-refractivity contribution in [3.8, 4) is 23.0 Å². The third kappa shape index (κ3) is 3.16. The molecule has 0 atom stereocenters. The molecule has 0 saturated carbocycles. The summed E-state index contributed by atoms with van der Waals surface area (Å²) in [5, 5.41) is 5.89. The Morgan fingerprint density at radius 1 is 0.886 bits per heavy atom. The Morgan fingerprint density at radius 3 is 2.54 bits per heavy atom. The van der Waals surface area contributed by atoms with E-state index in [-0.39, 0.29) is 23.8 Å². The van der Waals surface area contributed by atoms with Gasteiger partial charge < -0.3 is 35.9 Å². The smallest absolute Gasteiger partial charge is 0.231 e. The van der Waals surface area contributed by atoms with Gasteiger partial charge in [-0.05, 0) is 47.4 Å². The Bertz CT molecular complexity index is 1630. The summed E-state index contributed by atoms with van der Waals surface area (Å²) in [5.41, 5.74) is 5.07. The van der Waals surface area contributed by atoms with Crippen LogP contribution in [0, 0.1) is 0 Å². The molecule has 0 radical (unpaired) electrons. The Hall–Kier alpha value is -3.51. The average Bonchev–Trinajstić information content (AvgIpc) is 3.35. The topological polar surface area (TPSA) is 40.8 Å². The first-order chi connectivity index (χ1) is 16.8. The molecular formula is C29H24BrNO4. The van der Waals surface area contributed by atoms with Gasteiger partial charge in [-0.15, -0.1) is 0 Å². The molecular weight excluding hydrogens is 506 g/mol. The number of fused-ring (bicyclic) bond motifs is 4. The Kier molecular flexibility index (Phi) is 5.22. The summed E-state index contributed by atoms with van der Waals surface area (Å²) < 4.78 is 25.7. The number of pyridine rings is 1. The normalized spacial score (nSPS) is 13.4. The van der Waals surface area contributed by atoms with Crippen LogP contribution in [0.15, 0.2) is 60.8 Å². The summed E-state index contributed by atoms with van der Waals surface area (Å²) in [6.45, 7) is 1.16. The van der Waals surface area contributed by atoms with Gasteiger partial charge in [0.25, 0.3) is 0 Å². The summed E-state index contributed by atoms with van der Waals surface area (Å²) in [6, 6.07) is 19.3. The van der Waals surface area contributed by atoms with Gasteiger partial charge in [0.15, 0.2) is 35.7 Å². The number of ether oxygens (including phenoxy) is 4. The van der Waals surface area contributed by atoms with E-state index in [1.807, 2.05) is 6.07 Å². The maximum Gasteiger partial charge on any atom is 0.231 e. The fourth-order valence-corrected chi connectivity index (χ4v) is 5.73. The molecule has 35 heavy (non-hydrogen) atoms. The van der Waals surface area contributed by atoms with Crippen molar-refractivity contribution in [2.45, 2.75) is 19.4 Å². The second-order valence-electron chi connectivity index (χ2n) is 8.95. The van der Waals surface area contributed by atoms with Crippen molar-refractivity contribution in [1.29, 1.82) is 0 Å². The van der Waals surface area contributed by atoms with Crippen LogP contribution in [0.5, 0.6) is 23.0 Å². The number of aryl methyl sites for hydroxylation is 2. The SMILES string of the molecule is COc1ccc2c(c[n+]3c4c2cc(Cc2ccccc2)c2c5c(cc(c24)CC3)OCO5)c1OC.[Br-]. The van der Waals surface area contributed by atoms with Gasteiger partial charge in [0.2, 0.25) is 12.3 Å². The van der Waals surface area contributed by atoms with Gasteiger partial charge in [-0.1, -0.05) is 30.3 Å². The zero-order valence-electron chi connectivity index (χ0n) is 19.6. The van der Waals surface area contributed by atoms with Crippen LogP contribution in [0.2, 0.25) is 0 Å². The van der Waals surface area contributed by atoms with Crippen molar-refractivity contribution in [3.63, 3.8) is 0 Å². The number of halogens is 1. The largest absolute Gasteiger partial charge is 1.00 e. The third-order valence-electron chi connectivity index (χ3n) is 7.18. The van der Waals surface area contributed by atoms with Crippen LogP contribution in [0.25, 0.3) is 32.4 Å². The zero-order valence-corrected chi connectivity index (χ0v) is 21.1. The lowest BCUT2D eigenvalue weighted by atomic mass is 9.88. The second-order valence-corrected chi connectivity index (χ2v) is 8.95. The highest BCUT2D eigenvalue weighted by atomic mass is 79.9. The van der Waals surface area contributed by atoms with Crippen molar-refractivity contribution < 1.29 is 40.5 Å². The highest BCUT2D eigenvalue weighted by Crippen LogP contribution is 2.48. The highest BCUT2D eigenvalue weighted by Gasteiger charge is 2.31. The number of methoxy groups -OCH3 is 2. The number of hydrogen-bond donors (Lipinski definition) is 0. The zero-order chi connectivity index (χ0) is 22.8. The van der Waals surface area contributed by atoms with E-state index in [9.17, 15) is 0 Å². The lowest BCUT2D eigenvalue weighted by Gasteiger charge is -2.20. The number of benzene rings is 4. The summed E-state index contributed by atoms with van der Waals surface area (Å²) in [6.07, 6.45) is 3.96. The molecule has 0 spiro atoms. The number of aromatic nitrogens is 1. The van der Waals surface area contributed by atoms with Gasteiger partial charge in [0.1, 0.15) is 0 Å². The number of hydrogen-bond acceptors (Lipinski definition) is 4. The van der Waals surface area contributed by atoms with Crippen molar-refractivity contribution >= 4 is 32.4 Å². The summed E-state index contributed by atoms with van der Waals surface area (Å²) in [5.74, 6) is 3.24. The lowest BCUT2D eigenvalue weighted by Crippen LogP contribution is -3.00. The molecule has 0 aliphatic carbocycles. The van der Waals surface area contributed by atoms with Crippen LogP contribution in [0.3, 0.4) is 0 Å². The monoisotopic (exact) mass is 529 g/mol. The molecule has 3 heterocycles. The number of nitrogens with zero attached hydrogens (tertiary/aromatic N) is 1. The van der Waals surface area contributed by atoms with Gasteiger partial charge >= 0.3 is 0 Å². The molecule has 6 heteroatoms. The third-order valence-corrected chi connectivity index (χ3v) is 7.18. The second kappa shape index (κ2) is 8.31. The van der Waals surface area contributed by atoms with Crippen molar-refractivity contribution in [2.24, 2.45) is 0 Å². The Balaban J connectivity index is 0.00000229. The fraction of sp³-hybridized carbons (Fsp3) is 0.207. The minimum atomic E-state index is 0. The van der Waals surface area contributed by atoms with E-state index in [2.05, 4.69) is 59.3 Å². The molecule has 176 valence electrons. The first-order valence-electron chi connectivity index (χ1n) is 11.6. The number of rotatable bonds is 4. The predicted molar refractivity (Wildman–Crippen MR) is 131 cm³/mol. The fourth-order valence-electron chi connectivity index (χ4n) is 5.73. The van der Waals surface area contributed by atoms with E-state index in [1.54, 1.807) is 14.2 Å². The molecule has 5 aromatic rings. The van der Waals surface area contributed by atoms with E-state index < -0.39 is 0 Å². The predicted octanol–water partition coefficient (Wildman–Crippen LogP) is 2.33. The van der Waals surface area contributed by atoms with Crippen molar-refractivity contribution in [1.82, 2.24) is 0 Å². The summed E-state index contributed by atoms with van der Waals surface area (Å²) in [4.78, 5) is 0. The van der Waals surface area contributed by atoms with Gasteiger partial charge in [-0.25, -0.2) is 0 Å². The highest BCUT2D eigenvalue weighted by molar-refractivity contribution is 6.18. The standard InChI is InChI=1S/C29H24NO4.BrH/c1-31-23-9-8-20-21-13-19(12-17-6-4-3-5-7-17)26-25-18(14-24-29(26)34-16-33-24)10-11-30(27(21)25)15-22(20)28(23)32-2;/h3-9,13-15H,10-12,16H2,1-2H3;1H/q+1;/p-1. The van der Waals surface area contributed by atoms with E-state index in [1.165, 1.54) is 38.4 Å². The molecule has 0 bridgehead atoms. The quantitative estimate of drug-likeness (QED) is 0.264. The molecule has 2 aliphatic heterocycles. The van der Waals surface area contributed by atoms with E-state index in [0.717, 1.165) is 53.2 Å². The van der Waals surface area contributed by atoms with Crippen LogP contribution in [0.1, 0.15) is 16.7 Å². The van der Waals surface area contributed by atoms with Gasteiger partial charge in [-0.3, -0.25) is 0 Å². The van der Waals surface area contributed by atoms with Crippen LogP contribution in [-0.2, 0) is 19.4 Å². The Labute approximate surface area is 213 Å². The first kappa shape index (κ1) is 22.0. The van der Waals surface area contributed by atoms with E-state index in [4.69, 9.17) is 18.9 Å². The molecule has 7 rings (SSSR count).